The van der Waals surface area contributed by atoms with Gasteiger partial charge in [-0.1, -0.05) is 0 Å². The van der Waals surface area contributed by atoms with Crippen molar-refractivity contribution in [3.8, 4) is 0 Å². The molecule has 2 aromatic rings. The van der Waals surface area contributed by atoms with Gasteiger partial charge in [0.15, 0.2) is 0 Å². The van der Waals surface area contributed by atoms with Gasteiger partial charge in [0.1, 0.15) is 0 Å². The molecule has 7 nitrogen and oxygen atoms in total. The first-order valence-corrected chi connectivity index (χ1v) is 8.42. The molecule has 0 amide bonds. The van der Waals surface area contributed by atoms with Crippen molar-refractivity contribution < 1.29 is 28.8 Å². The van der Waals surface area contributed by atoms with E-state index < -0.39 is 30.3 Å². The van der Waals surface area contributed by atoms with Gasteiger partial charge < -0.3 is 0 Å². The quantitative estimate of drug-likeness (QED) is 0.365. The van der Waals surface area contributed by atoms with Crippen molar-refractivity contribution in [3.05, 3.63) is 71.8 Å². The first-order chi connectivity index (χ1) is 13.6. The summed E-state index contributed by atoms with van der Waals surface area (Å²) in [6.07, 6.45) is -3.34. The number of rotatable bonds is 10. The van der Waals surface area contributed by atoms with Crippen LogP contribution in [0.15, 0.2) is 60.7 Å². The number of aliphatic hydroxyl groups is 1. The third-order valence-electron chi connectivity index (χ3n) is 3.74. The summed E-state index contributed by atoms with van der Waals surface area (Å²) >= 11 is 0. The van der Waals surface area contributed by atoms with Crippen molar-refractivity contribution in [3.63, 3.8) is 0 Å². The van der Waals surface area contributed by atoms with E-state index in [0.29, 0.717) is 0 Å². The Kier molecular flexibility index (Phi) is 8.30. The number of carbonyl (C=O) groups excluding carboxylic acids is 2. The van der Waals surface area contributed by atoms with Crippen molar-refractivity contribution in [2.75, 3.05) is 6.61 Å². The van der Waals surface area contributed by atoms with E-state index in [9.17, 15) is 14.7 Å². The van der Waals surface area contributed by atoms with Crippen LogP contribution in [-0.4, -0.2) is 62.6 Å². The SMILES string of the molecule is [B]=BOC[C@@H](O)[C@@H](OC(=O)c1ccccc1)[C@H](C=N)OC(=O)c1ccccc1. The average Bonchev–Trinajstić information content (AvgIpc) is 2.75. The maximum atomic E-state index is 12.4. The van der Waals surface area contributed by atoms with Crippen molar-refractivity contribution >= 4 is 32.5 Å². The zero-order chi connectivity index (χ0) is 20.4. The van der Waals surface area contributed by atoms with Gasteiger partial charge in [0.05, 0.1) is 0 Å². The Bertz CT molecular complexity index is 803. The van der Waals surface area contributed by atoms with Gasteiger partial charge in [-0.05, 0) is 0 Å². The van der Waals surface area contributed by atoms with Gasteiger partial charge in [-0.25, -0.2) is 0 Å². The molecule has 0 saturated carbocycles. The van der Waals surface area contributed by atoms with Crippen LogP contribution >= 0.6 is 0 Å². The average molecular weight is 378 g/mol. The molecule has 2 N–H and O–H groups in total. The summed E-state index contributed by atoms with van der Waals surface area (Å²) in [5.74, 6) is -1.47. The van der Waals surface area contributed by atoms with E-state index in [-0.39, 0.29) is 17.7 Å². The summed E-state index contributed by atoms with van der Waals surface area (Å²) in [5.41, 5.74) is 0.493. The third kappa shape index (κ3) is 5.99. The second-order valence-corrected chi connectivity index (χ2v) is 5.68. The zero-order valence-electron chi connectivity index (χ0n) is 14.9. The normalized spacial score (nSPS) is 13.3. The minimum absolute atomic E-state index is 0.240. The molecule has 0 bridgehead atoms. The monoisotopic (exact) mass is 378 g/mol. The predicted octanol–water partition coefficient (Wildman–Crippen LogP) is 1.17. The summed E-state index contributed by atoms with van der Waals surface area (Å²) < 4.78 is 15.4. The first kappa shape index (κ1) is 21.2. The number of hydrogen-bond acceptors (Lipinski definition) is 7. The Morgan fingerprint density at radius 2 is 1.50 bits per heavy atom. The van der Waals surface area contributed by atoms with Crippen LogP contribution in [0.3, 0.4) is 0 Å². The van der Waals surface area contributed by atoms with E-state index in [1.165, 1.54) is 24.3 Å². The summed E-state index contributed by atoms with van der Waals surface area (Å²) in [5, 5.41) is 17.9. The molecule has 1 radical (unpaired) electrons. The number of benzene rings is 2. The van der Waals surface area contributed by atoms with E-state index in [4.69, 9.17) is 26.9 Å². The van der Waals surface area contributed by atoms with Crippen LogP contribution in [0.25, 0.3) is 0 Å². The summed E-state index contributed by atoms with van der Waals surface area (Å²) in [6, 6.07) is 16.2. The molecule has 3 atom stereocenters. The van der Waals surface area contributed by atoms with Gasteiger partial charge in [-0.15, -0.1) is 0 Å². The molecular weight excluding hydrogens is 360 g/mol. The van der Waals surface area contributed by atoms with Gasteiger partial charge >= 0.3 is 163 Å². The molecule has 0 heterocycles. The molecule has 0 aromatic heterocycles. The molecule has 0 aliphatic carbocycles. The summed E-state index contributed by atoms with van der Waals surface area (Å²) in [6.45, 7) is -0.323. The number of nitrogens with one attached hydrogen (secondary N) is 1. The minimum atomic E-state index is -1.40. The van der Waals surface area contributed by atoms with E-state index in [2.05, 4.69) is 0 Å². The van der Waals surface area contributed by atoms with Gasteiger partial charge in [0.2, 0.25) is 0 Å². The van der Waals surface area contributed by atoms with Crippen LogP contribution < -0.4 is 0 Å². The van der Waals surface area contributed by atoms with Crippen molar-refractivity contribution in [1.29, 1.82) is 5.41 Å². The number of ether oxygens (including phenoxy) is 2. The van der Waals surface area contributed by atoms with Crippen LogP contribution in [0, 0.1) is 5.41 Å². The van der Waals surface area contributed by atoms with Crippen molar-refractivity contribution in [2.45, 2.75) is 18.3 Å². The molecule has 9 heteroatoms. The van der Waals surface area contributed by atoms with Crippen LogP contribution in [0.5, 0.6) is 0 Å². The fraction of sp³-hybridized carbons (Fsp3) is 0.211. The molecule has 2 aromatic carbocycles. The standard InChI is InChI=1S/C19H18B2NO6/c20-21-26-12-15(23)17(28-19(25)14-9-5-2-6-10-14)16(11-22)27-18(24)13-7-3-1-4-8-13/h1-11,15-17,22-23H,12H2/t15-,16+,17-/m1/s1. The van der Waals surface area contributed by atoms with E-state index in [1.54, 1.807) is 36.4 Å². The number of esters is 2. The van der Waals surface area contributed by atoms with Gasteiger partial charge in [0.25, 0.3) is 0 Å². The molecule has 2 rings (SSSR count). The van der Waals surface area contributed by atoms with Gasteiger partial charge in [-0.3, -0.25) is 0 Å². The number of hydrogen-bond donors (Lipinski definition) is 2. The van der Waals surface area contributed by atoms with Crippen LogP contribution in [0.2, 0.25) is 0 Å². The molecule has 0 spiro atoms. The Labute approximate surface area is 164 Å². The van der Waals surface area contributed by atoms with E-state index in [1.807, 2.05) is 0 Å². The zero-order valence-corrected chi connectivity index (χ0v) is 14.9. The van der Waals surface area contributed by atoms with E-state index in [0.717, 1.165) is 13.2 Å². The Hall–Kier alpha value is -3.06. The van der Waals surface area contributed by atoms with Crippen LogP contribution in [0.4, 0.5) is 0 Å². The van der Waals surface area contributed by atoms with Gasteiger partial charge in [-0.2, -0.15) is 0 Å². The fourth-order valence-electron chi connectivity index (χ4n) is 2.34. The number of aliphatic hydroxyl groups excluding tert-OH is 1. The molecule has 0 fully saturated rings. The maximum absolute atomic E-state index is 12.4. The van der Waals surface area contributed by atoms with Crippen LogP contribution in [-0.2, 0) is 14.1 Å². The van der Waals surface area contributed by atoms with Crippen molar-refractivity contribution in [1.82, 2.24) is 0 Å². The molecule has 0 aliphatic heterocycles. The Balaban J connectivity index is 2.19. The molecular formula is C19H18B2NO6. The summed E-state index contributed by atoms with van der Waals surface area (Å²) in [7, 11) is 6.01. The van der Waals surface area contributed by atoms with Gasteiger partial charge in [0, 0.05) is 0 Å². The summed E-state index contributed by atoms with van der Waals surface area (Å²) in [4.78, 5) is 24.7. The second-order valence-electron chi connectivity index (χ2n) is 5.68. The molecule has 0 unspecified atom stereocenters. The Morgan fingerprint density at radius 3 is 1.96 bits per heavy atom. The molecule has 0 saturated heterocycles. The second kappa shape index (κ2) is 10.9. The number of carbonyl (C=O) groups is 2. The van der Waals surface area contributed by atoms with E-state index >= 15 is 0 Å². The molecule has 0 aliphatic rings. The fourth-order valence-corrected chi connectivity index (χ4v) is 2.34. The topological polar surface area (TPSA) is 106 Å². The Morgan fingerprint density at radius 1 is 1.00 bits per heavy atom. The third-order valence-corrected chi connectivity index (χ3v) is 3.74. The van der Waals surface area contributed by atoms with Crippen LogP contribution in [0.1, 0.15) is 20.7 Å². The molecule has 28 heavy (non-hydrogen) atoms. The van der Waals surface area contributed by atoms with Crippen molar-refractivity contribution in [2.24, 2.45) is 0 Å². The predicted molar refractivity (Wildman–Crippen MR) is 104 cm³/mol. The first-order valence-electron chi connectivity index (χ1n) is 8.42. The molecule has 141 valence electrons.